The molecular weight excluding hydrogens is 316 g/mol. The van der Waals surface area contributed by atoms with Crippen LogP contribution in [0.4, 0.5) is 5.69 Å². The maximum Gasteiger partial charge on any atom is 0.229 e. The molecular formula is C19H20N4O2. The molecule has 0 aromatic carbocycles. The van der Waals surface area contributed by atoms with Gasteiger partial charge in [-0.15, -0.1) is 0 Å². The van der Waals surface area contributed by atoms with Crippen LogP contribution in [-0.4, -0.2) is 32.7 Å². The van der Waals surface area contributed by atoms with Crippen molar-refractivity contribution in [2.24, 2.45) is 5.92 Å². The van der Waals surface area contributed by atoms with E-state index >= 15 is 0 Å². The van der Waals surface area contributed by atoms with Crippen molar-refractivity contribution in [2.45, 2.75) is 37.8 Å². The first kappa shape index (κ1) is 15.7. The monoisotopic (exact) mass is 336 g/mol. The number of nitrogens with one attached hydrogen (secondary N) is 1. The second kappa shape index (κ2) is 6.63. The zero-order valence-electron chi connectivity index (χ0n) is 13.8. The van der Waals surface area contributed by atoms with Crippen LogP contribution in [0.25, 0.3) is 0 Å². The van der Waals surface area contributed by atoms with Gasteiger partial charge in [-0.3, -0.25) is 19.6 Å². The number of nitrogens with zero attached hydrogens (tertiary/aromatic N) is 3. The molecule has 2 amide bonds. The Kier molecular flexibility index (Phi) is 4.17. The summed E-state index contributed by atoms with van der Waals surface area (Å²) in [6.45, 7) is 0. The van der Waals surface area contributed by atoms with Crippen LogP contribution in [0.2, 0.25) is 0 Å². The summed E-state index contributed by atoms with van der Waals surface area (Å²) in [5.41, 5.74) is 1.65. The number of pyridine rings is 2. The lowest BCUT2D eigenvalue weighted by Gasteiger charge is -2.41. The molecule has 128 valence electrons. The lowest BCUT2D eigenvalue weighted by Crippen LogP contribution is -2.47. The van der Waals surface area contributed by atoms with E-state index in [-0.39, 0.29) is 29.8 Å². The van der Waals surface area contributed by atoms with Gasteiger partial charge in [0.15, 0.2) is 0 Å². The van der Waals surface area contributed by atoms with Crippen LogP contribution in [0, 0.1) is 5.92 Å². The average Bonchev–Trinajstić information content (AvgIpc) is 3.48. The zero-order chi connectivity index (χ0) is 17.2. The third-order valence-corrected chi connectivity index (χ3v) is 4.89. The highest BCUT2D eigenvalue weighted by Crippen LogP contribution is 2.43. The lowest BCUT2D eigenvalue weighted by molar-refractivity contribution is -0.142. The summed E-state index contributed by atoms with van der Waals surface area (Å²) in [7, 11) is 0. The second-order valence-electron chi connectivity index (χ2n) is 6.63. The normalized spacial score (nSPS) is 23.4. The van der Waals surface area contributed by atoms with E-state index in [2.05, 4.69) is 15.3 Å². The summed E-state index contributed by atoms with van der Waals surface area (Å²) < 4.78 is 0. The van der Waals surface area contributed by atoms with Crippen molar-refractivity contribution in [1.29, 1.82) is 0 Å². The molecule has 2 aromatic rings. The van der Waals surface area contributed by atoms with Crippen LogP contribution in [0.15, 0.2) is 49.1 Å². The van der Waals surface area contributed by atoms with Gasteiger partial charge in [0, 0.05) is 31.1 Å². The number of hydrogen-bond donors (Lipinski definition) is 1. The van der Waals surface area contributed by atoms with Gasteiger partial charge >= 0.3 is 0 Å². The first-order valence-electron chi connectivity index (χ1n) is 8.66. The molecule has 1 N–H and O–H groups in total. The fraction of sp³-hybridized carbons (Fsp3) is 0.368. The van der Waals surface area contributed by atoms with Crippen LogP contribution in [0.3, 0.4) is 0 Å². The molecule has 1 aliphatic carbocycles. The molecule has 6 heteroatoms. The molecule has 0 radical (unpaired) electrons. The van der Waals surface area contributed by atoms with Gasteiger partial charge in [-0.1, -0.05) is 0 Å². The quantitative estimate of drug-likeness (QED) is 0.931. The molecule has 3 heterocycles. The minimum absolute atomic E-state index is 0.0621. The van der Waals surface area contributed by atoms with Crippen molar-refractivity contribution < 1.29 is 9.59 Å². The molecule has 2 atom stereocenters. The summed E-state index contributed by atoms with van der Waals surface area (Å²) in [6.07, 6.45) is 9.75. The van der Waals surface area contributed by atoms with E-state index in [0.717, 1.165) is 18.4 Å². The van der Waals surface area contributed by atoms with Crippen molar-refractivity contribution >= 4 is 17.5 Å². The van der Waals surface area contributed by atoms with Crippen molar-refractivity contribution in [3.8, 4) is 0 Å². The molecule has 25 heavy (non-hydrogen) atoms. The minimum Gasteiger partial charge on any atom is -0.332 e. The number of likely N-dealkylation sites (tertiary alicyclic amines) is 1. The van der Waals surface area contributed by atoms with Crippen LogP contribution in [-0.2, 0) is 9.59 Å². The van der Waals surface area contributed by atoms with E-state index in [1.807, 2.05) is 23.1 Å². The molecule has 2 aromatic heterocycles. The topological polar surface area (TPSA) is 75.2 Å². The van der Waals surface area contributed by atoms with Gasteiger partial charge in [0.2, 0.25) is 11.8 Å². The third-order valence-electron chi connectivity index (χ3n) is 4.89. The van der Waals surface area contributed by atoms with E-state index < -0.39 is 0 Å². The van der Waals surface area contributed by atoms with Gasteiger partial charge in [-0.05, 0) is 49.1 Å². The van der Waals surface area contributed by atoms with Crippen LogP contribution in [0.5, 0.6) is 0 Å². The summed E-state index contributed by atoms with van der Waals surface area (Å²) >= 11 is 0. The summed E-state index contributed by atoms with van der Waals surface area (Å²) in [5.74, 6) is -0.191. The largest absolute Gasteiger partial charge is 0.332 e. The number of aromatic nitrogens is 2. The molecule has 1 saturated carbocycles. The Balaban J connectivity index is 1.64. The molecule has 6 nitrogen and oxygen atoms in total. The first-order valence-corrected chi connectivity index (χ1v) is 8.66. The molecule has 0 spiro atoms. The Morgan fingerprint density at radius 1 is 1.08 bits per heavy atom. The average molecular weight is 336 g/mol. The Bertz CT molecular complexity index is 762. The number of rotatable bonds is 4. The Morgan fingerprint density at radius 3 is 2.56 bits per heavy atom. The van der Waals surface area contributed by atoms with Crippen LogP contribution >= 0.6 is 0 Å². The van der Waals surface area contributed by atoms with E-state index in [9.17, 15) is 9.59 Å². The van der Waals surface area contributed by atoms with Gasteiger partial charge in [-0.2, -0.15) is 0 Å². The van der Waals surface area contributed by atoms with Crippen LogP contribution in [0.1, 0.15) is 37.3 Å². The predicted octanol–water partition coefficient (Wildman–Crippen LogP) is 2.56. The molecule has 2 aliphatic rings. The van der Waals surface area contributed by atoms with E-state index in [1.54, 1.807) is 30.9 Å². The lowest BCUT2D eigenvalue weighted by atomic mass is 9.83. The maximum absolute atomic E-state index is 13.0. The predicted molar refractivity (Wildman–Crippen MR) is 92.4 cm³/mol. The van der Waals surface area contributed by atoms with Crippen molar-refractivity contribution in [3.05, 3.63) is 54.6 Å². The molecule has 2 fully saturated rings. The Hall–Kier alpha value is -2.76. The number of carbonyl (C=O) groups is 2. The smallest absolute Gasteiger partial charge is 0.229 e. The van der Waals surface area contributed by atoms with Gasteiger partial charge in [0.05, 0.1) is 23.8 Å². The molecule has 1 aliphatic heterocycles. The van der Waals surface area contributed by atoms with Gasteiger partial charge < -0.3 is 10.2 Å². The molecule has 0 bridgehead atoms. The fourth-order valence-electron chi connectivity index (χ4n) is 3.60. The van der Waals surface area contributed by atoms with Gasteiger partial charge in [0.25, 0.3) is 0 Å². The maximum atomic E-state index is 13.0. The molecule has 0 unspecified atom stereocenters. The summed E-state index contributed by atoms with van der Waals surface area (Å²) in [4.78, 5) is 35.6. The van der Waals surface area contributed by atoms with Gasteiger partial charge in [0.1, 0.15) is 0 Å². The Labute approximate surface area is 146 Å². The SMILES string of the molecule is O=C(Nc1cccnc1)[C@H]1CCC(=O)N(C2CC2)[C@@H]1c1ccncc1. The van der Waals surface area contributed by atoms with E-state index in [0.29, 0.717) is 18.5 Å². The molecule has 1 saturated heterocycles. The highest BCUT2D eigenvalue weighted by molar-refractivity contribution is 5.94. The van der Waals surface area contributed by atoms with E-state index in [4.69, 9.17) is 0 Å². The number of hydrogen-bond acceptors (Lipinski definition) is 4. The summed E-state index contributed by atoms with van der Waals surface area (Å²) in [6, 6.07) is 7.45. The van der Waals surface area contributed by atoms with Crippen molar-refractivity contribution in [2.75, 3.05) is 5.32 Å². The number of piperidine rings is 1. The van der Waals surface area contributed by atoms with Crippen molar-refractivity contribution in [3.63, 3.8) is 0 Å². The van der Waals surface area contributed by atoms with Crippen LogP contribution < -0.4 is 5.32 Å². The van der Waals surface area contributed by atoms with Crippen molar-refractivity contribution in [1.82, 2.24) is 14.9 Å². The highest BCUT2D eigenvalue weighted by atomic mass is 16.2. The van der Waals surface area contributed by atoms with E-state index in [1.165, 1.54) is 0 Å². The zero-order valence-corrected chi connectivity index (χ0v) is 13.8. The minimum atomic E-state index is -0.277. The molecule has 4 rings (SSSR count). The summed E-state index contributed by atoms with van der Waals surface area (Å²) in [5, 5.41) is 2.95. The number of amides is 2. The first-order chi connectivity index (χ1) is 12.2. The second-order valence-corrected chi connectivity index (χ2v) is 6.63. The number of carbonyl (C=O) groups excluding carboxylic acids is 2. The Morgan fingerprint density at radius 2 is 1.88 bits per heavy atom. The number of anilines is 1. The van der Waals surface area contributed by atoms with Gasteiger partial charge in [-0.25, -0.2) is 0 Å². The third kappa shape index (κ3) is 3.24. The highest BCUT2D eigenvalue weighted by Gasteiger charge is 2.46. The fourth-order valence-corrected chi connectivity index (χ4v) is 3.60. The standard InChI is InChI=1S/C19H20N4O2/c24-17-6-5-16(19(25)22-14-2-1-9-21-12-14)18(23(17)15-3-4-15)13-7-10-20-11-8-13/h1-2,7-12,15-16,18H,3-6H2,(H,22,25)/t16-,18+/m0/s1.